The Balaban J connectivity index is 2.41. The van der Waals surface area contributed by atoms with Crippen LogP contribution in [-0.2, 0) is 0 Å². The molecule has 0 saturated heterocycles. The van der Waals surface area contributed by atoms with Crippen molar-refractivity contribution >= 4 is 0 Å². The molecule has 1 fully saturated rings. The number of rotatable bonds is 3. The number of aliphatic hydroxyl groups is 3. The van der Waals surface area contributed by atoms with E-state index in [0.717, 1.165) is 19.3 Å². The number of hydrogen-bond donors (Lipinski definition) is 3. The highest BCUT2D eigenvalue weighted by Crippen LogP contribution is 2.32. The summed E-state index contributed by atoms with van der Waals surface area (Å²) >= 11 is 0. The lowest BCUT2D eigenvalue weighted by Crippen LogP contribution is -2.31. The Morgan fingerprint density at radius 1 is 0.833 bits per heavy atom. The lowest BCUT2D eigenvalue weighted by molar-refractivity contribution is 0.0478. The fourth-order valence-corrected chi connectivity index (χ4v) is 2.05. The molecule has 12 heavy (non-hydrogen) atoms. The molecule has 0 aliphatic heterocycles. The van der Waals surface area contributed by atoms with Gasteiger partial charge in [0.25, 0.3) is 0 Å². The van der Waals surface area contributed by atoms with Gasteiger partial charge in [0.2, 0.25) is 0 Å². The van der Waals surface area contributed by atoms with Crippen molar-refractivity contribution in [3.8, 4) is 0 Å². The van der Waals surface area contributed by atoms with Crippen LogP contribution in [0.3, 0.4) is 0 Å². The van der Waals surface area contributed by atoms with Gasteiger partial charge in [-0.15, -0.1) is 0 Å². The Labute approximate surface area is 73.0 Å². The average molecular weight is 174 g/mol. The molecule has 3 nitrogen and oxygen atoms in total. The molecule has 0 radical (unpaired) electrons. The van der Waals surface area contributed by atoms with Gasteiger partial charge >= 0.3 is 0 Å². The normalized spacial score (nSPS) is 36.8. The van der Waals surface area contributed by atoms with Crippen molar-refractivity contribution in [2.45, 2.75) is 19.3 Å². The van der Waals surface area contributed by atoms with Crippen molar-refractivity contribution < 1.29 is 15.3 Å². The van der Waals surface area contributed by atoms with Gasteiger partial charge in [-0.2, -0.15) is 0 Å². The van der Waals surface area contributed by atoms with Gasteiger partial charge in [0, 0.05) is 19.8 Å². The maximum atomic E-state index is 9.01. The minimum Gasteiger partial charge on any atom is -0.396 e. The summed E-state index contributed by atoms with van der Waals surface area (Å²) in [4.78, 5) is 0. The molecule has 0 aromatic carbocycles. The van der Waals surface area contributed by atoms with E-state index >= 15 is 0 Å². The lowest BCUT2D eigenvalue weighted by Gasteiger charge is -2.33. The molecule has 0 bridgehead atoms. The van der Waals surface area contributed by atoms with E-state index in [9.17, 15) is 0 Å². The van der Waals surface area contributed by atoms with Gasteiger partial charge < -0.3 is 15.3 Å². The first kappa shape index (κ1) is 9.96. The topological polar surface area (TPSA) is 60.7 Å². The van der Waals surface area contributed by atoms with Crippen LogP contribution in [0.15, 0.2) is 0 Å². The van der Waals surface area contributed by atoms with Crippen LogP contribution in [-0.4, -0.2) is 35.1 Å². The Morgan fingerprint density at radius 3 is 2.00 bits per heavy atom. The van der Waals surface area contributed by atoms with Gasteiger partial charge in [0.15, 0.2) is 0 Å². The van der Waals surface area contributed by atoms with Crippen molar-refractivity contribution in [3.63, 3.8) is 0 Å². The zero-order valence-corrected chi connectivity index (χ0v) is 7.32. The summed E-state index contributed by atoms with van der Waals surface area (Å²) in [5, 5.41) is 26.9. The Morgan fingerprint density at radius 2 is 1.50 bits per heavy atom. The molecule has 0 spiro atoms. The first-order chi connectivity index (χ1) is 5.81. The summed E-state index contributed by atoms with van der Waals surface area (Å²) in [6.45, 7) is 0.528. The summed E-state index contributed by atoms with van der Waals surface area (Å²) in [5.74, 6) is 0.781. The Kier molecular flexibility index (Phi) is 3.98. The molecule has 1 aliphatic carbocycles. The van der Waals surface area contributed by atoms with E-state index in [1.807, 2.05) is 0 Å². The molecule has 72 valence electrons. The highest BCUT2D eigenvalue weighted by Gasteiger charge is 2.28. The smallest absolute Gasteiger partial charge is 0.0462 e. The molecule has 1 rings (SSSR count). The summed E-state index contributed by atoms with van der Waals surface area (Å²) in [6.07, 6.45) is 2.78. The molecule has 1 aliphatic rings. The van der Waals surface area contributed by atoms with Crippen LogP contribution in [0.2, 0.25) is 0 Å². The molecule has 3 N–H and O–H groups in total. The van der Waals surface area contributed by atoms with Crippen LogP contribution in [0.5, 0.6) is 0 Å². The molecular weight excluding hydrogens is 156 g/mol. The summed E-state index contributed by atoms with van der Waals surface area (Å²) in [6, 6.07) is 0. The van der Waals surface area contributed by atoms with E-state index in [2.05, 4.69) is 0 Å². The summed E-state index contributed by atoms with van der Waals surface area (Å²) < 4.78 is 0. The molecule has 0 unspecified atom stereocenters. The minimum absolute atomic E-state index is 0.141. The molecule has 0 heterocycles. The van der Waals surface area contributed by atoms with E-state index in [1.54, 1.807) is 0 Å². The van der Waals surface area contributed by atoms with E-state index < -0.39 is 0 Å². The van der Waals surface area contributed by atoms with E-state index in [0.29, 0.717) is 5.92 Å². The van der Waals surface area contributed by atoms with E-state index in [4.69, 9.17) is 15.3 Å². The van der Waals surface area contributed by atoms with Crippen molar-refractivity contribution in [1.29, 1.82) is 0 Å². The van der Waals surface area contributed by atoms with Crippen molar-refractivity contribution in [2.75, 3.05) is 19.8 Å². The van der Waals surface area contributed by atoms with Gasteiger partial charge in [-0.1, -0.05) is 0 Å². The zero-order chi connectivity index (χ0) is 8.97. The maximum absolute atomic E-state index is 9.01. The van der Waals surface area contributed by atoms with Crippen LogP contribution in [0.4, 0.5) is 0 Å². The lowest BCUT2D eigenvalue weighted by atomic mass is 9.75. The fraction of sp³-hybridized carbons (Fsp3) is 1.00. The maximum Gasteiger partial charge on any atom is 0.0462 e. The Bertz CT molecular complexity index is 127. The standard InChI is InChI=1S/C9H18O3/c10-4-7-1-2-8(5-11)9(3-7)6-12/h7-12H,1-6H2/t7-,8-,9-/m0/s1. The van der Waals surface area contributed by atoms with E-state index in [-0.39, 0.29) is 31.7 Å². The van der Waals surface area contributed by atoms with Crippen molar-refractivity contribution in [2.24, 2.45) is 17.8 Å². The Hall–Kier alpha value is -0.120. The molecule has 0 amide bonds. The molecule has 3 atom stereocenters. The van der Waals surface area contributed by atoms with Crippen LogP contribution >= 0.6 is 0 Å². The van der Waals surface area contributed by atoms with Crippen LogP contribution in [0.25, 0.3) is 0 Å². The second-order valence-corrected chi connectivity index (χ2v) is 3.75. The van der Waals surface area contributed by atoms with Crippen LogP contribution in [0.1, 0.15) is 19.3 Å². The van der Waals surface area contributed by atoms with Crippen molar-refractivity contribution in [1.82, 2.24) is 0 Å². The largest absolute Gasteiger partial charge is 0.396 e. The SMILES string of the molecule is OC[C@H]1CC[C@@H](CO)[C@H](CO)C1. The number of hydrogen-bond acceptors (Lipinski definition) is 3. The molecule has 0 aromatic heterocycles. The summed E-state index contributed by atoms with van der Waals surface area (Å²) in [7, 11) is 0. The summed E-state index contributed by atoms with van der Waals surface area (Å²) in [5.41, 5.74) is 0. The zero-order valence-electron chi connectivity index (χ0n) is 7.32. The van der Waals surface area contributed by atoms with E-state index in [1.165, 1.54) is 0 Å². The molecule has 1 saturated carbocycles. The van der Waals surface area contributed by atoms with Gasteiger partial charge in [0.05, 0.1) is 0 Å². The predicted octanol–water partition coefficient (Wildman–Crippen LogP) is -0.00420. The predicted molar refractivity (Wildman–Crippen MR) is 45.6 cm³/mol. The highest BCUT2D eigenvalue weighted by molar-refractivity contribution is 4.78. The first-order valence-electron chi connectivity index (χ1n) is 4.64. The quantitative estimate of drug-likeness (QED) is 0.564. The third-order valence-electron chi connectivity index (χ3n) is 2.98. The minimum atomic E-state index is 0.141. The molecule has 3 heteroatoms. The fourth-order valence-electron chi connectivity index (χ4n) is 2.05. The van der Waals surface area contributed by atoms with Crippen LogP contribution in [0, 0.1) is 17.8 Å². The third kappa shape index (κ3) is 2.19. The second-order valence-electron chi connectivity index (χ2n) is 3.75. The van der Waals surface area contributed by atoms with Gasteiger partial charge in [-0.3, -0.25) is 0 Å². The molecular formula is C9H18O3. The molecule has 0 aromatic rings. The monoisotopic (exact) mass is 174 g/mol. The van der Waals surface area contributed by atoms with Gasteiger partial charge in [0.1, 0.15) is 0 Å². The van der Waals surface area contributed by atoms with Crippen molar-refractivity contribution in [3.05, 3.63) is 0 Å². The van der Waals surface area contributed by atoms with Gasteiger partial charge in [-0.05, 0) is 37.0 Å². The number of aliphatic hydroxyl groups excluding tert-OH is 3. The van der Waals surface area contributed by atoms with Gasteiger partial charge in [-0.25, -0.2) is 0 Å². The third-order valence-corrected chi connectivity index (χ3v) is 2.98. The highest BCUT2D eigenvalue weighted by atomic mass is 16.3. The first-order valence-corrected chi connectivity index (χ1v) is 4.64. The average Bonchev–Trinajstić information content (AvgIpc) is 2.16. The second kappa shape index (κ2) is 4.80. The van der Waals surface area contributed by atoms with Crippen LogP contribution < -0.4 is 0 Å².